The van der Waals surface area contributed by atoms with E-state index in [1.54, 1.807) is 12.1 Å². The Hall–Kier alpha value is -2.57. The fraction of sp³-hybridized carbons (Fsp3) is 0.182. The molecular formula is C11H12N2O5. The average Bonchev–Trinajstić information content (AvgIpc) is 2.79. The van der Waals surface area contributed by atoms with Crippen molar-refractivity contribution in [2.45, 2.75) is 6.42 Å². The van der Waals surface area contributed by atoms with Gasteiger partial charge in [-0.05, 0) is 12.1 Å². The molecule has 7 heteroatoms. The molecule has 0 aliphatic heterocycles. The molecule has 0 saturated carbocycles. The quantitative estimate of drug-likeness (QED) is 0.652. The summed E-state index contributed by atoms with van der Waals surface area (Å²) in [6.07, 6.45) is 3.43. The number of carbonyl (C=O) groups excluding carboxylic acids is 2. The highest BCUT2D eigenvalue weighted by atomic mass is 16.4. The number of carboxylic acid groups (broad SMARTS) is 1. The third-order valence-electron chi connectivity index (χ3n) is 1.85. The van der Waals surface area contributed by atoms with E-state index in [4.69, 9.17) is 9.52 Å². The zero-order chi connectivity index (χ0) is 13.4. The third-order valence-corrected chi connectivity index (χ3v) is 1.85. The number of rotatable bonds is 5. The largest absolute Gasteiger partial charge is 0.478 e. The number of carbonyl (C=O) groups is 3. The van der Waals surface area contributed by atoms with Gasteiger partial charge in [-0.1, -0.05) is 0 Å². The Morgan fingerprint density at radius 1 is 1.33 bits per heavy atom. The van der Waals surface area contributed by atoms with Gasteiger partial charge < -0.3 is 14.8 Å². The van der Waals surface area contributed by atoms with Crippen molar-refractivity contribution in [3.63, 3.8) is 0 Å². The second-order valence-electron chi connectivity index (χ2n) is 3.25. The molecule has 0 aliphatic rings. The molecule has 1 aromatic heterocycles. The molecule has 0 bridgehead atoms. The Labute approximate surface area is 102 Å². The molecule has 0 aromatic carbocycles. The van der Waals surface area contributed by atoms with Crippen LogP contribution in [0.15, 0.2) is 35.0 Å². The number of carboxylic acids is 1. The molecule has 1 rings (SSSR count). The predicted octanol–water partition coefficient (Wildman–Crippen LogP) is 0.289. The summed E-state index contributed by atoms with van der Waals surface area (Å²) in [4.78, 5) is 32.3. The Morgan fingerprint density at radius 2 is 2.11 bits per heavy atom. The molecule has 0 unspecified atom stereocenters. The second kappa shape index (κ2) is 6.89. The van der Waals surface area contributed by atoms with Crippen molar-refractivity contribution in [3.8, 4) is 0 Å². The van der Waals surface area contributed by atoms with Crippen molar-refractivity contribution < 1.29 is 23.9 Å². The van der Waals surface area contributed by atoms with Gasteiger partial charge in [0.25, 0.3) is 5.91 Å². The topological polar surface area (TPSA) is 109 Å². The van der Waals surface area contributed by atoms with E-state index in [9.17, 15) is 14.4 Å². The van der Waals surface area contributed by atoms with Crippen molar-refractivity contribution in [2.75, 3.05) is 6.54 Å². The lowest BCUT2D eigenvalue weighted by Crippen LogP contribution is -2.39. The maximum atomic E-state index is 11.2. The van der Waals surface area contributed by atoms with Gasteiger partial charge in [-0.2, -0.15) is 0 Å². The predicted molar refractivity (Wildman–Crippen MR) is 60.7 cm³/mol. The molecule has 1 heterocycles. The summed E-state index contributed by atoms with van der Waals surface area (Å²) < 4.78 is 5.05. The van der Waals surface area contributed by atoms with Gasteiger partial charge >= 0.3 is 12.0 Å². The molecule has 3 N–H and O–H groups in total. The van der Waals surface area contributed by atoms with Gasteiger partial charge in [0.15, 0.2) is 0 Å². The van der Waals surface area contributed by atoms with Crippen LogP contribution in [0.25, 0.3) is 0 Å². The van der Waals surface area contributed by atoms with Crippen LogP contribution in [0.5, 0.6) is 0 Å². The third kappa shape index (κ3) is 5.50. The lowest BCUT2D eigenvalue weighted by molar-refractivity contribution is -0.131. The Bertz CT molecular complexity index is 450. The normalized spacial score (nSPS) is 10.2. The van der Waals surface area contributed by atoms with E-state index in [-0.39, 0.29) is 0 Å². The van der Waals surface area contributed by atoms with E-state index in [1.807, 2.05) is 5.32 Å². The number of urea groups is 1. The first-order chi connectivity index (χ1) is 8.58. The van der Waals surface area contributed by atoms with Crippen molar-refractivity contribution in [3.05, 3.63) is 36.3 Å². The maximum absolute atomic E-state index is 11.2. The first kappa shape index (κ1) is 13.5. The average molecular weight is 252 g/mol. The summed E-state index contributed by atoms with van der Waals surface area (Å²) >= 11 is 0. The summed E-state index contributed by atoms with van der Waals surface area (Å²) in [6, 6.07) is 2.80. The van der Waals surface area contributed by atoms with Crippen LogP contribution in [0.3, 0.4) is 0 Å². The second-order valence-corrected chi connectivity index (χ2v) is 3.25. The zero-order valence-corrected chi connectivity index (χ0v) is 9.38. The Kier molecular flexibility index (Phi) is 5.17. The van der Waals surface area contributed by atoms with E-state index in [1.165, 1.54) is 6.26 Å². The van der Waals surface area contributed by atoms with Crippen molar-refractivity contribution in [1.29, 1.82) is 0 Å². The van der Waals surface area contributed by atoms with E-state index < -0.39 is 17.9 Å². The monoisotopic (exact) mass is 252 g/mol. The molecule has 1 aromatic rings. The van der Waals surface area contributed by atoms with Gasteiger partial charge in [0, 0.05) is 25.1 Å². The maximum Gasteiger partial charge on any atom is 0.328 e. The molecule has 3 amide bonds. The highest BCUT2D eigenvalue weighted by molar-refractivity contribution is 6.02. The number of amides is 3. The zero-order valence-electron chi connectivity index (χ0n) is 9.38. The van der Waals surface area contributed by atoms with Gasteiger partial charge in [0.1, 0.15) is 5.76 Å². The number of aliphatic carboxylic acids is 1. The summed E-state index contributed by atoms with van der Waals surface area (Å²) in [5.41, 5.74) is 0. The summed E-state index contributed by atoms with van der Waals surface area (Å²) in [5.74, 6) is -1.34. The lowest BCUT2D eigenvalue weighted by Gasteiger charge is -2.03. The molecule has 96 valence electrons. The van der Waals surface area contributed by atoms with Gasteiger partial charge in [-0.15, -0.1) is 0 Å². The molecule has 0 aliphatic carbocycles. The van der Waals surface area contributed by atoms with E-state index in [0.29, 0.717) is 24.8 Å². The molecule has 0 saturated heterocycles. The van der Waals surface area contributed by atoms with Crippen LogP contribution in [0.1, 0.15) is 5.76 Å². The molecule has 7 nitrogen and oxygen atoms in total. The lowest BCUT2D eigenvalue weighted by atomic mass is 10.3. The fourth-order valence-corrected chi connectivity index (χ4v) is 1.10. The Morgan fingerprint density at radius 3 is 2.72 bits per heavy atom. The van der Waals surface area contributed by atoms with Gasteiger partial charge in [0.05, 0.1) is 6.26 Å². The van der Waals surface area contributed by atoms with Crippen LogP contribution in [0.2, 0.25) is 0 Å². The van der Waals surface area contributed by atoms with Crippen LogP contribution in [-0.4, -0.2) is 29.6 Å². The summed E-state index contributed by atoms with van der Waals surface area (Å²) in [7, 11) is 0. The molecular weight excluding hydrogens is 240 g/mol. The SMILES string of the molecule is O=C(O)/C=C/C(=O)NC(=O)NCCc1ccco1. The molecule has 0 spiro atoms. The van der Waals surface area contributed by atoms with E-state index in [2.05, 4.69) is 5.32 Å². The van der Waals surface area contributed by atoms with Crippen LogP contribution >= 0.6 is 0 Å². The fourth-order valence-electron chi connectivity index (χ4n) is 1.10. The minimum Gasteiger partial charge on any atom is -0.478 e. The van der Waals surface area contributed by atoms with Crippen molar-refractivity contribution in [1.82, 2.24) is 10.6 Å². The number of furan rings is 1. The molecule has 18 heavy (non-hydrogen) atoms. The number of hydrogen-bond acceptors (Lipinski definition) is 4. The minimum absolute atomic E-state index is 0.301. The smallest absolute Gasteiger partial charge is 0.328 e. The minimum atomic E-state index is -1.26. The van der Waals surface area contributed by atoms with Gasteiger partial charge in [-0.3, -0.25) is 10.1 Å². The first-order valence-electron chi connectivity index (χ1n) is 5.10. The van der Waals surface area contributed by atoms with E-state index in [0.717, 1.165) is 6.08 Å². The highest BCUT2D eigenvalue weighted by Gasteiger charge is 2.04. The van der Waals surface area contributed by atoms with Crippen LogP contribution in [0, 0.1) is 0 Å². The molecule has 0 atom stereocenters. The van der Waals surface area contributed by atoms with Crippen LogP contribution < -0.4 is 10.6 Å². The van der Waals surface area contributed by atoms with Crippen LogP contribution in [-0.2, 0) is 16.0 Å². The van der Waals surface area contributed by atoms with Gasteiger partial charge in [-0.25, -0.2) is 9.59 Å². The summed E-state index contributed by atoms with van der Waals surface area (Å²) in [5, 5.41) is 12.6. The molecule has 0 radical (unpaired) electrons. The number of imide groups is 1. The van der Waals surface area contributed by atoms with Crippen molar-refractivity contribution in [2.24, 2.45) is 0 Å². The molecule has 0 fully saturated rings. The first-order valence-corrected chi connectivity index (χ1v) is 5.10. The Balaban J connectivity index is 2.21. The summed E-state index contributed by atoms with van der Waals surface area (Å²) in [6.45, 7) is 0.301. The number of nitrogens with one attached hydrogen (secondary N) is 2. The van der Waals surface area contributed by atoms with Gasteiger partial charge in [0.2, 0.25) is 0 Å². The highest BCUT2D eigenvalue weighted by Crippen LogP contribution is 1.99. The number of hydrogen-bond donors (Lipinski definition) is 3. The standard InChI is InChI=1S/C11H12N2O5/c14-9(3-4-10(15)16)13-11(17)12-6-5-8-2-1-7-18-8/h1-4,7H,5-6H2,(H,15,16)(H2,12,13,14,17)/b4-3+. The van der Waals surface area contributed by atoms with E-state index >= 15 is 0 Å². The van der Waals surface area contributed by atoms with Crippen LogP contribution in [0.4, 0.5) is 4.79 Å². The van der Waals surface area contributed by atoms with Crippen molar-refractivity contribution >= 4 is 17.9 Å².